The molecule has 0 saturated heterocycles. The van der Waals surface area contributed by atoms with E-state index in [1.165, 1.54) is 63.4 Å². The summed E-state index contributed by atoms with van der Waals surface area (Å²) < 4.78 is 2.32. The van der Waals surface area contributed by atoms with Gasteiger partial charge in [0.2, 0.25) is 0 Å². The van der Waals surface area contributed by atoms with Crippen LogP contribution in [-0.4, -0.2) is 11.7 Å². The second kappa shape index (κ2) is 15.3. The summed E-state index contributed by atoms with van der Waals surface area (Å²) in [6.07, 6.45) is 18.5. The predicted molar refractivity (Wildman–Crippen MR) is 89.3 cm³/mol. The lowest BCUT2D eigenvalue weighted by molar-refractivity contribution is -0.697. The first-order valence-corrected chi connectivity index (χ1v) is 8.95. The van der Waals surface area contributed by atoms with Crippen LogP contribution in [0, 0.1) is 0 Å². The Hall–Kier alpha value is -0.600. The van der Waals surface area contributed by atoms with Crippen molar-refractivity contribution in [2.45, 2.75) is 84.1 Å². The zero-order chi connectivity index (χ0) is 15.2. The van der Waals surface area contributed by atoms with Gasteiger partial charge in [-0.2, -0.15) is 0 Å². The van der Waals surface area contributed by atoms with Gasteiger partial charge in [-0.3, -0.25) is 0 Å². The van der Waals surface area contributed by atoms with E-state index in [1.54, 1.807) is 0 Å². The lowest BCUT2D eigenvalue weighted by atomic mass is 10.1. The van der Waals surface area contributed by atoms with Gasteiger partial charge in [-0.15, -0.1) is 0 Å². The van der Waals surface area contributed by atoms with Gasteiger partial charge in [0.25, 0.3) is 0 Å². The van der Waals surface area contributed by atoms with Crippen molar-refractivity contribution in [2.24, 2.45) is 0 Å². The van der Waals surface area contributed by atoms with E-state index in [2.05, 4.69) is 36.0 Å². The number of aliphatic hydroxyl groups is 1. The van der Waals surface area contributed by atoms with Crippen LogP contribution in [0.2, 0.25) is 0 Å². The van der Waals surface area contributed by atoms with Gasteiger partial charge in [0.15, 0.2) is 12.4 Å². The number of aromatic nitrogens is 1. The van der Waals surface area contributed by atoms with Gasteiger partial charge in [-0.1, -0.05) is 45.4 Å². The van der Waals surface area contributed by atoms with Gasteiger partial charge >= 0.3 is 0 Å². The fourth-order valence-electron chi connectivity index (χ4n) is 2.73. The minimum atomic E-state index is 0. The van der Waals surface area contributed by atoms with Crippen LogP contribution in [0.25, 0.3) is 0 Å². The molecule has 0 aliphatic heterocycles. The molecule has 1 rings (SSSR count). The van der Waals surface area contributed by atoms with Gasteiger partial charge in [0.1, 0.15) is 6.54 Å². The topological polar surface area (TPSA) is 24.1 Å². The number of nitrogens with zero attached hydrogens (tertiary/aromatic N) is 1. The van der Waals surface area contributed by atoms with E-state index in [1.807, 2.05) is 0 Å². The molecule has 128 valence electrons. The summed E-state index contributed by atoms with van der Waals surface area (Å²) in [6.45, 7) is 3.71. The standard InChI is InChI=1S/C19H34NO.ClH/c1-2-3-4-5-6-9-13-19-14-12-16-20(18-19)15-10-7-8-11-17-21;/h12,14,16,18,21H,2-11,13,15,17H2,1H3;1H/q+1;/p-1. The summed E-state index contributed by atoms with van der Waals surface area (Å²) in [6, 6.07) is 4.44. The van der Waals surface area contributed by atoms with Crippen LogP contribution in [0.4, 0.5) is 0 Å². The molecule has 1 N–H and O–H groups in total. The fraction of sp³-hybridized carbons (Fsp3) is 0.737. The molecular formula is C19H34ClNO. The van der Waals surface area contributed by atoms with E-state index in [0.717, 1.165) is 19.4 Å². The van der Waals surface area contributed by atoms with Crippen LogP contribution in [0.5, 0.6) is 0 Å². The van der Waals surface area contributed by atoms with E-state index in [9.17, 15) is 0 Å². The Morgan fingerprint density at radius 1 is 0.909 bits per heavy atom. The molecule has 3 heteroatoms. The highest BCUT2D eigenvalue weighted by Gasteiger charge is 2.03. The number of aliphatic hydroxyl groups excluding tert-OH is 1. The van der Waals surface area contributed by atoms with Crippen LogP contribution in [0.1, 0.15) is 76.7 Å². The summed E-state index contributed by atoms with van der Waals surface area (Å²) in [5.74, 6) is 0. The Bertz CT molecular complexity index is 357. The molecular weight excluding hydrogens is 294 g/mol. The number of aryl methyl sites for hydroxylation is 2. The molecule has 1 heterocycles. The van der Waals surface area contributed by atoms with Crippen LogP contribution >= 0.6 is 0 Å². The van der Waals surface area contributed by atoms with Crippen molar-refractivity contribution < 1.29 is 22.1 Å². The van der Waals surface area contributed by atoms with E-state index < -0.39 is 0 Å². The quantitative estimate of drug-likeness (QED) is 0.430. The second-order valence-corrected chi connectivity index (χ2v) is 6.11. The maximum atomic E-state index is 8.76. The number of hydrogen-bond acceptors (Lipinski definition) is 1. The Morgan fingerprint density at radius 2 is 1.59 bits per heavy atom. The smallest absolute Gasteiger partial charge is 0.171 e. The summed E-state index contributed by atoms with van der Waals surface area (Å²) in [4.78, 5) is 0. The van der Waals surface area contributed by atoms with Gasteiger partial charge in [-0.05, 0) is 31.7 Å². The summed E-state index contributed by atoms with van der Waals surface area (Å²) in [5, 5.41) is 8.76. The van der Waals surface area contributed by atoms with Gasteiger partial charge in [0.05, 0.1) is 0 Å². The molecule has 2 nitrogen and oxygen atoms in total. The number of hydrogen-bond donors (Lipinski definition) is 1. The average molecular weight is 328 g/mol. The highest BCUT2D eigenvalue weighted by Crippen LogP contribution is 2.08. The Kier molecular flexibility index (Phi) is 14.9. The monoisotopic (exact) mass is 327 g/mol. The minimum Gasteiger partial charge on any atom is -1.00 e. The first-order chi connectivity index (χ1) is 10.4. The van der Waals surface area contributed by atoms with E-state index in [-0.39, 0.29) is 12.4 Å². The lowest BCUT2D eigenvalue weighted by Gasteiger charge is -2.02. The summed E-state index contributed by atoms with van der Waals surface area (Å²) in [5.41, 5.74) is 1.48. The van der Waals surface area contributed by atoms with Crippen molar-refractivity contribution in [3.05, 3.63) is 30.1 Å². The normalized spacial score (nSPS) is 10.5. The third kappa shape index (κ3) is 11.0. The molecule has 0 atom stereocenters. The van der Waals surface area contributed by atoms with Crippen molar-refractivity contribution in [1.82, 2.24) is 0 Å². The number of pyridine rings is 1. The molecule has 0 amide bonds. The molecule has 0 aromatic carbocycles. The average Bonchev–Trinajstić information content (AvgIpc) is 2.51. The Labute approximate surface area is 143 Å². The first-order valence-electron chi connectivity index (χ1n) is 8.95. The third-order valence-electron chi connectivity index (χ3n) is 4.06. The van der Waals surface area contributed by atoms with Crippen molar-refractivity contribution in [3.8, 4) is 0 Å². The zero-order valence-corrected chi connectivity index (χ0v) is 15.0. The molecule has 0 aliphatic rings. The van der Waals surface area contributed by atoms with Crippen molar-refractivity contribution in [1.29, 1.82) is 0 Å². The maximum absolute atomic E-state index is 8.76. The molecule has 1 aromatic heterocycles. The van der Waals surface area contributed by atoms with Gasteiger partial charge in [0, 0.05) is 24.7 Å². The molecule has 0 fully saturated rings. The Morgan fingerprint density at radius 3 is 2.36 bits per heavy atom. The summed E-state index contributed by atoms with van der Waals surface area (Å²) >= 11 is 0. The molecule has 0 bridgehead atoms. The molecule has 0 aliphatic carbocycles. The SMILES string of the molecule is CCCCCCCCc1ccc[n+](CCCCCCO)c1.[Cl-]. The van der Waals surface area contributed by atoms with Crippen molar-refractivity contribution in [3.63, 3.8) is 0 Å². The number of halogens is 1. The highest BCUT2D eigenvalue weighted by atomic mass is 35.5. The molecule has 22 heavy (non-hydrogen) atoms. The van der Waals surface area contributed by atoms with Crippen LogP contribution in [-0.2, 0) is 13.0 Å². The minimum absolute atomic E-state index is 0. The molecule has 1 aromatic rings. The van der Waals surface area contributed by atoms with Crippen LogP contribution < -0.4 is 17.0 Å². The largest absolute Gasteiger partial charge is 1.00 e. The fourth-order valence-corrected chi connectivity index (χ4v) is 2.73. The molecule has 0 unspecified atom stereocenters. The Balaban J connectivity index is 0.00000441. The zero-order valence-electron chi connectivity index (χ0n) is 14.3. The second-order valence-electron chi connectivity index (χ2n) is 6.11. The van der Waals surface area contributed by atoms with Crippen molar-refractivity contribution in [2.75, 3.05) is 6.61 Å². The molecule has 0 spiro atoms. The van der Waals surface area contributed by atoms with E-state index in [0.29, 0.717) is 6.61 Å². The van der Waals surface area contributed by atoms with Crippen molar-refractivity contribution >= 4 is 0 Å². The van der Waals surface area contributed by atoms with Crippen LogP contribution in [0.3, 0.4) is 0 Å². The highest BCUT2D eigenvalue weighted by molar-refractivity contribution is 5.05. The van der Waals surface area contributed by atoms with Gasteiger partial charge < -0.3 is 17.5 Å². The van der Waals surface area contributed by atoms with E-state index >= 15 is 0 Å². The molecule has 0 radical (unpaired) electrons. The number of rotatable bonds is 13. The van der Waals surface area contributed by atoms with Crippen LogP contribution in [0.15, 0.2) is 24.5 Å². The lowest BCUT2D eigenvalue weighted by Crippen LogP contribution is -3.00. The summed E-state index contributed by atoms with van der Waals surface area (Å²) in [7, 11) is 0. The predicted octanol–water partition coefficient (Wildman–Crippen LogP) is 1.43. The molecule has 0 saturated carbocycles. The maximum Gasteiger partial charge on any atom is 0.171 e. The number of unbranched alkanes of at least 4 members (excludes halogenated alkanes) is 8. The first kappa shape index (κ1) is 21.4. The van der Waals surface area contributed by atoms with Gasteiger partial charge in [-0.25, -0.2) is 4.57 Å². The third-order valence-corrected chi connectivity index (χ3v) is 4.06. The van der Waals surface area contributed by atoms with E-state index in [4.69, 9.17) is 5.11 Å².